The Morgan fingerprint density at radius 1 is 1.04 bits per heavy atom. The van der Waals surface area contributed by atoms with E-state index in [9.17, 15) is 0 Å². The summed E-state index contributed by atoms with van der Waals surface area (Å²) in [5.41, 5.74) is 2.35. The summed E-state index contributed by atoms with van der Waals surface area (Å²) in [6, 6.07) is 16.0. The van der Waals surface area contributed by atoms with Crippen molar-refractivity contribution in [2.45, 2.75) is 6.54 Å². The topological polar surface area (TPSA) is 28.1 Å². The van der Waals surface area contributed by atoms with Crippen LogP contribution in [0.25, 0.3) is 6.08 Å². The number of ether oxygens (including phenoxy) is 1. The summed E-state index contributed by atoms with van der Waals surface area (Å²) < 4.78 is 5.34. The minimum Gasteiger partial charge on any atom is -0.496 e. The first-order valence-corrected chi connectivity index (χ1v) is 9.18. The first-order valence-electron chi connectivity index (χ1n) is 8.80. The number of piperazine rings is 1. The summed E-state index contributed by atoms with van der Waals surface area (Å²) in [7, 11) is 1.68. The number of benzene rings is 2. The first kappa shape index (κ1) is 18.5. The highest BCUT2D eigenvalue weighted by Crippen LogP contribution is 2.18. The molecule has 26 heavy (non-hydrogen) atoms. The lowest BCUT2D eigenvalue weighted by Crippen LogP contribution is -2.43. The summed E-state index contributed by atoms with van der Waals surface area (Å²) >= 11 is 5.94. The quantitative estimate of drug-likeness (QED) is 0.715. The van der Waals surface area contributed by atoms with Crippen molar-refractivity contribution in [3.63, 3.8) is 0 Å². The minimum atomic E-state index is 0.786. The molecule has 0 aliphatic carbocycles. The zero-order valence-corrected chi connectivity index (χ0v) is 15.8. The van der Waals surface area contributed by atoms with E-state index >= 15 is 0 Å². The van der Waals surface area contributed by atoms with Gasteiger partial charge in [-0.25, -0.2) is 0 Å². The largest absolute Gasteiger partial charge is 0.496 e. The van der Waals surface area contributed by atoms with Gasteiger partial charge in [0.15, 0.2) is 0 Å². The third kappa shape index (κ3) is 5.35. The molecule has 1 heterocycles. The van der Waals surface area contributed by atoms with Crippen LogP contribution >= 0.6 is 11.6 Å². The Bertz CT molecular complexity index is 750. The van der Waals surface area contributed by atoms with Gasteiger partial charge < -0.3 is 4.74 Å². The molecule has 1 aliphatic heterocycles. The summed E-state index contributed by atoms with van der Waals surface area (Å²) in [4.78, 5) is 2.44. The maximum absolute atomic E-state index is 5.94. The molecule has 3 rings (SSSR count). The van der Waals surface area contributed by atoms with Crippen molar-refractivity contribution < 1.29 is 4.74 Å². The van der Waals surface area contributed by atoms with Gasteiger partial charge in [-0.3, -0.25) is 9.91 Å². The molecule has 0 spiro atoms. The summed E-state index contributed by atoms with van der Waals surface area (Å²) in [6.45, 7) is 4.86. The number of allylic oxidation sites excluding steroid dienone is 1. The van der Waals surface area contributed by atoms with Crippen molar-refractivity contribution in [1.29, 1.82) is 0 Å². The number of methoxy groups -OCH3 is 1. The molecule has 2 aromatic carbocycles. The number of nitrogens with zero attached hydrogens (tertiary/aromatic N) is 3. The molecule has 0 aromatic heterocycles. The molecule has 1 fully saturated rings. The fourth-order valence-corrected chi connectivity index (χ4v) is 3.07. The van der Waals surface area contributed by atoms with Crippen molar-refractivity contribution in [3.8, 4) is 5.75 Å². The van der Waals surface area contributed by atoms with E-state index in [1.165, 1.54) is 5.56 Å². The number of hydrogen-bond donors (Lipinski definition) is 0. The van der Waals surface area contributed by atoms with Gasteiger partial charge in [-0.2, -0.15) is 5.10 Å². The van der Waals surface area contributed by atoms with E-state index in [1.807, 2.05) is 54.8 Å². The van der Waals surface area contributed by atoms with Crippen LogP contribution in [-0.2, 0) is 6.54 Å². The molecule has 0 amide bonds. The zero-order chi connectivity index (χ0) is 18.2. The summed E-state index contributed by atoms with van der Waals surface area (Å²) in [5.74, 6) is 0.868. The van der Waals surface area contributed by atoms with Crippen molar-refractivity contribution >= 4 is 23.9 Å². The second-order valence-electron chi connectivity index (χ2n) is 6.22. The normalized spacial score (nSPS) is 15.8. The Kier molecular flexibility index (Phi) is 6.69. The van der Waals surface area contributed by atoms with Gasteiger partial charge >= 0.3 is 0 Å². The van der Waals surface area contributed by atoms with Gasteiger partial charge in [0.1, 0.15) is 5.75 Å². The fourth-order valence-electron chi connectivity index (χ4n) is 2.94. The number of halogens is 1. The lowest BCUT2D eigenvalue weighted by molar-refractivity contribution is 0.131. The standard InChI is InChI=1S/C21H24ClN3O/c1-26-21-7-3-2-5-19(21)6-4-12-23-25-15-13-24(14-16-25)17-18-8-10-20(22)11-9-18/h2-12H,13-17H2,1H3/b6-4+,23-12-. The smallest absolute Gasteiger partial charge is 0.126 e. The molecule has 4 nitrogen and oxygen atoms in total. The Morgan fingerprint density at radius 3 is 2.50 bits per heavy atom. The van der Waals surface area contributed by atoms with E-state index in [2.05, 4.69) is 27.1 Å². The molecule has 1 saturated heterocycles. The molecule has 0 saturated carbocycles. The van der Waals surface area contributed by atoms with E-state index in [4.69, 9.17) is 16.3 Å². The zero-order valence-electron chi connectivity index (χ0n) is 15.0. The molecule has 2 aromatic rings. The van der Waals surface area contributed by atoms with Crippen LogP contribution in [0.15, 0.2) is 59.7 Å². The molecule has 0 bridgehead atoms. The predicted molar refractivity (Wildman–Crippen MR) is 109 cm³/mol. The van der Waals surface area contributed by atoms with Crippen LogP contribution in [0.5, 0.6) is 5.75 Å². The van der Waals surface area contributed by atoms with Gasteiger partial charge in [-0.15, -0.1) is 0 Å². The van der Waals surface area contributed by atoms with Gasteiger partial charge in [0.25, 0.3) is 0 Å². The average molecular weight is 370 g/mol. The van der Waals surface area contributed by atoms with E-state index in [-0.39, 0.29) is 0 Å². The number of hydrogen-bond acceptors (Lipinski definition) is 4. The van der Waals surface area contributed by atoms with Gasteiger partial charge in [0.2, 0.25) is 0 Å². The molecule has 0 radical (unpaired) electrons. The highest BCUT2D eigenvalue weighted by Gasteiger charge is 2.15. The fraction of sp³-hybridized carbons (Fsp3) is 0.286. The van der Waals surface area contributed by atoms with Crippen LogP contribution in [0.2, 0.25) is 5.02 Å². The SMILES string of the molecule is COc1ccccc1/C=C/C=N\N1CCN(Cc2ccc(Cl)cc2)CC1. The maximum Gasteiger partial charge on any atom is 0.126 e. The van der Waals surface area contributed by atoms with E-state index < -0.39 is 0 Å². The lowest BCUT2D eigenvalue weighted by Gasteiger charge is -2.32. The first-order chi connectivity index (χ1) is 12.7. The Hall–Kier alpha value is -2.30. The highest BCUT2D eigenvalue weighted by atomic mass is 35.5. The van der Waals surface area contributed by atoms with Crippen LogP contribution in [-0.4, -0.2) is 49.4 Å². The van der Waals surface area contributed by atoms with Gasteiger partial charge in [0.05, 0.1) is 7.11 Å². The van der Waals surface area contributed by atoms with Gasteiger partial charge in [0, 0.05) is 49.5 Å². The van der Waals surface area contributed by atoms with Crippen LogP contribution in [0, 0.1) is 0 Å². The maximum atomic E-state index is 5.94. The second kappa shape index (κ2) is 9.41. The second-order valence-corrected chi connectivity index (χ2v) is 6.66. The van der Waals surface area contributed by atoms with Crippen LogP contribution < -0.4 is 4.74 Å². The Labute approximate surface area is 160 Å². The summed E-state index contributed by atoms with van der Waals surface area (Å²) in [5, 5.41) is 7.45. The average Bonchev–Trinajstić information content (AvgIpc) is 2.68. The van der Waals surface area contributed by atoms with Crippen LogP contribution in [0.3, 0.4) is 0 Å². The monoisotopic (exact) mass is 369 g/mol. The predicted octanol–water partition coefficient (Wildman–Crippen LogP) is 4.17. The molecular formula is C21H24ClN3O. The lowest BCUT2D eigenvalue weighted by atomic mass is 10.2. The molecule has 0 unspecified atom stereocenters. The number of rotatable bonds is 6. The molecule has 5 heteroatoms. The number of hydrazone groups is 1. The number of para-hydroxylation sites is 1. The van der Waals surface area contributed by atoms with Crippen molar-refractivity contribution in [2.24, 2.45) is 5.10 Å². The molecule has 0 N–H and O–H groups in total. The molecule has 136 valence electrons. The Balaban J connectivity index is 1.45. The van der Waals surface area contributed by atoms with E-state index in [0.29, 0.717) is 0 Å². The van der Waals surface area contributed by atoms with Crippen LogP contribution in [0.1, 0.15) is 11.1 Å². The minimum absolute atomic E-state index is 0.786. The van der Waals surface area contributed by atoms with E-state index in [1.54, 1.807) is 7.11 Å². The third-order valence-electron chi connectivity index (χ3n) is 4.40. The van der Waals surface area contributed by atoms with Crippen molar-refractivity contribution in [2.75, 3.05) is 33.3 Å². The van der Waals surface area contributed by atoms with Gasteiger partial charge in [-0.05, 0) is 35.9 Å². The third-order valence-corrected chi connectivity index (χ3v) is 4.65. The van der Waals surface area contributed by atoms with E-state index in [0.717, 1.165) is 49.1 Å². The van der Waals surface area contributed by atoms with Crippen LogP contribution in [0.4, 0.5) is 0 Å². The van der Waals surface area contributed by atoms with Crippen molar-refractivity contribution in [1.82, 2.24) is 9.91 Å². The molecular weight excluding hydrogens is 346 g/mol. The molecule has 1 aliphatic rings. The highest BCUT2D eigenvalue weighted by molar-refractivity contribution is 6.30. The molecule has 0 atom stereocenters. The van der Waals surface area contributed by atoms with Crippen molar-refractivity contribution in [3.05, 3.63) is 70.8 Å². The summed E-state index contributed by atoms with van der Waals surface area (Å²) in [6.07, 6.45) is 5.82. The Morgan fingerprint density at radius 2 is 1.77 bits per heavy atom. The van der Waals surface area contributed by atoms with Gasteiger partial charge in [-0.1, -0.05) is 41.9 Å².